The molecule has 0 saturated carbocycles. The van der Waals surface area contributed by atoms with E-state index in [1.54, 1.807) is 38.1 Å². The number of Topliss-reactive ketones (excluding diaryl/α,β-unsaturated/α-hetero) is 1. The van der Waals surface area contributed by atoms with E-state index in [2.05, 4.69) is 12.6 Å². The van der Waals surface area contributed by atoms with E-state index in [0.717, 1.165) is 17.5 Å². The van der Waals surface area contributed by atoms with Crippen LogP contribution in [0.4, 0.5) is 8.78 Å². The van der Waals surface area contributed by atoms with Gasteiger partial charge in [0.15, 0.2) is 0 Å². The highest BCUT2D eigenvalue weighted by atomic mass is 32.1. The highest BCUT2D eigenvalue weighted by Crippen LogP contribution is 2.49. The van der Waals surface area contributed by atoms with Gasteiger partial charge in [-0.15, -0.1) is 12.6 Å². The molecule has 2 unspecified atom stereocenters. The van der Waals surface area contributed by atoms with E-state index in [1.165, 1.54) is 29.2 Å². The van der Waals surface area contributed by atoms with E-state index in [0.29, 0.717) is 19.3 Å². The molecule has 1 saturated heterocycles. The summed E-state index contributed by atoms with van der Waals surface area (Å²) >= 11 is 4.06. The van der Waals surface area contributed by atoms with Crippen LogP contribution in [0.2, 0.25) is 0 Å². The van der Waals surface area contributed by atoms with Gasteiger partial charge in [0.1, 0.15) is 17.7 Å². The highest BCUT2D eigenvalue weighted by molar-refractivity contribution is 7.96. The number of carbonyl (C=O) groups is 3. The Morgan fingerprint density at radius 2 is 1.43 bits per heavy atom. The molecule has 1 heterocycles. The summed E-state index contributed by atoms with van der Waals surface area (Å²) in [5.74, 6) is -2.25. The monoisotopic (exact) mass is 501 g/mol. The maximum Gasteiger partial charge on any atom is 0.291 e. The van der Waals surface area contributed by atoms with E-state index < -0.39 is 33.7 Å². The Labute approximate surface area is 211 Å². The summed E-state index contributed by atoms with van der Waals surface area (Å²) in [5.41, 5.74) is 0.0542. The summed E-state index contributed by atoms with van der Waals surface area (Å²) in [7, 11) is 0. The van der Waals surface area contributed by atoms with Crippen molar-refractivity contribution in [2.75, 3.05) is 6.54 Å². The lowest BCUT2D eigenvalue weighted by atomic mass is 9.62. The zero-order chi connectivity index (χ0) is 26.0. The molecule has 3 rings (SSSR count). The summed E-state index contributed by atoms with van der Waals surface area (Å²) in [6.07, 6.45) is 2.15. The molecule has 0 aromatic heterocycles. The van der Waals surface area contributed by atoms with Crippen LogP contribution in [0.1, 0.15) is 64.5 Å². The second-order valence-corrected chi connectivity index (χ2v) is 10.5. The zero-order valence-corrected chi connectivity index (χ0v) is 21.6. The molecule has 0 bridgehead atoms. The second kappa shape index (κ2) is 10.6. The van der Waals surface area contributed by atoms with E-state index in [9.17, 15) is 23.2 Å². The number of rotatable bonds is 9. The minimum Gasteiger partial charge on any atom is -0.325 e. The summed E-state index contributed by atoms with van der Waals surface area (Å²) in [5, 5.41) is -0.480. The van der Waals surface area contributed by atoms with Crippen LogP contribution in [0.25, 0.3) is 0 Å². The van der Waals surface area contributed by atoms with Crippen molar-refractivity contribution in [3.63, 3.8) is 0 Å². The van der Waals surface area contributed by atoms with Crippen molar-refractivity contribution in [1.82, 2.24) is 4.90 Å². The van der Waals surface area contributed by atoms with Crippen molar-refractivity contribution >= 4 is 29.4 Å². The number of ketones is 1. The van der Waals surface area contributed by atoms with Gasteiger partial charge in [-0.25, -0.2) is 8.78 Å². The van der Waals surface area contributed by atoms with Crippen molar-refractivity contribution in [1.29, 1.82) is 0 Å². The molecule has 0 spiro atoms. The van der Waals surface area contributed by atoms with Crippen LogP contribution < -0.4 is 0 Å². The first kappa shape index (κ1) is 27.1. The number of thiol groups is 1. The molecule has 4 nitrogen and oxygen atoms in total. The second-order valence-electron chi connectivity index (χ2n) is 10.0. The Kier molecular flexibility index (Phi) is 8.20. The third-order valence-electron chi connectivity index (χ3n) is 7.60. The normalized spacial score (nSPS) is 18.5. The summed E-state index contributed by atoms with van der Waals surface area (Å²) < 4.78 is 27.7. The van der Waals surface area contributed by atoms with Crippen LogP contribution in [0.15, 0.2) is 48.5 Å². The Morgan fingerprint density at radius 1 is 0.943 bits per heavy atom. The van der Waals surface area contributed by atoms with Crippen molar-refractivity contribution in [3.05, 3.63) is 71.3 Å². The number of halogens is 2. The van der Waals surface area contributed by atoms with Gasteiger partial charge in [0, 0.05) is 17.4 Å². The van der Waals surface area contributed by atoms with E-state index >= 15 is 0 Å². The minimum absolute atomic E-state index is 0.163. The van der Waals surface area contributed by atoms with Gasteiger partial charge in [0.05, 0.1) is 0 Å². The lowest BCUT2D eigenvalue weighted by Crippen LogP contribution is -2.47. The third-order valence-corrected chi connectivity index (χ3v) is 7.90. The predicted octanol–water partition coefficient (Wildman–Crippen LogP) is 5.73. The van der Waals surface area contributed by atoms with E-state index in [-0.39, 0.29) is 24.1 Å². The number of carbonyl (C=O) groups excluding carboxylic acids is 3. The van der Waals surface area contributed by atoms with Crippen molar-refractivity contribution in [2.24, 2.45) is 11.3 Å². The molecule has 0 N–H and O–H groups in total. The molecule has 0 aliphatic carbocycles. The van der Waals surface area contributed by atoms with Gasteiger partial charge in [-0.05, 0) is 60.6 Å². The quantitative estimate of drug-likeness (QED) is 0.353. The molecule has 1 aliphatic heterocycles. The molecule has 188 valence electrons. The fourth-order valence-corrected chi connectivity index (χ4v) is 5.50. The molecule has 1 fully saturated rings. The van der Waals surface area contributed by atoms with E-state index in [1.807, 2.05) is 13.8 Å². The first-order valence-electron chi connectivity index (χ1n) is 12.1. The van der Waals surface area contributed by atoms with Crippen LogP contribution in [0.5, 0.6) is 0 Å². The maximum absolute atomic E-state index is 13.9. The SMILES string of the molecule is CCCC(c1ccc(F)cc1)(c1ccc(F)cc1)C1CC(C(=O)S)N(C(=O)C(=O)C(C)(C)CC)C1. The number of amides is 1. The Morgan fingerprint density at radius 3 is 1.83 bits per heavy atom. The predicted molar refractivity (Wildman–Crippen MR) is 135 cm³/mol. The molecule has 2 aromatic carbocycles. The fraction of sp³-hybridized carbons (Fsp3) is 0.464. The van der Waals surface area contributed by atoms with Crippen LogP contribution in [-0.4, -0.2) is 34.3 Å². The zero-order valence-electron chi connectivity index (χ0n) is 20.7. The molecule has 0 radical (unpaired) electrons. The third kappa shape index (κ3) is 5.20. The maximum atomic E-state index is 13.9. The highest BCUT2D eigenvalue weighted by Gasteiger charge is 2.51. The largest absolute Gasteiger partial charge is 0.325 e. The van der Waals surface area contributed by atoms with Gasteiger partial charge in [0.2, 0.25) is 10.9 Å². The number of benzene rings is 2. The minimum atomic E-state index is -0.857. The summed E-state index contributed by atoms with van der Waals surface area (Å²) in [6, 6.07) is 11.5. The number of hydrogen-bond donors (Lipinski definition) is 1. The number of likely N-dealkylation sites (tertiary alicyclic amines) is 1. The van der Waals surface area contributed by atoms with Gasteiger partial charge >= 0.3 is 0 Å². The van der Waals surface area contributed by atoms with Crippen molar-refractivity contribution in [3.8, 4) is 0 Å². The summed E-state index contributed by atoms with van der Waals surface area (Å²) in [4.78, 5) is 40.3. The standard InChI is InChI=1S/C28H33F2NO3S/c1-5-15-28(18-7-11-21(29)12-8-18,19-9-13-22(30)14-10-19)20-16-23(26(34)35)31(17-20)25(33)24(32)27(3,4)6-2/h7-14,20,23H,5-6,15-17H2,1-4H3,(H,34,35). The van der Waals surface area contributed by atoms with Crippen LogP contribution in [-0.2, 0) is 19.8 Å². The fourth-order valence-electron chi connectivity index (χ4n) is 5.25. The molecule has 35 heavy (non-hydrogen) atoms. The Bertz CT molecular complexity index is 1040. The number of nitrogens with zero attached hydrogens (tertiary/aromatic N) is 1. The average molecular weight is 502 g/mol. The molecular weight excluding hydrogens is 468 g/mol. The Hall–Kier alpha value is -2.54. The van der Waals surface area contributed by atoms with Crippen LogP contribution >= 0.6 is 12.6 Å². The topological polar surface area (TPSA) is 54.5 Å². The molecule has 7 heteroatoms. The smallest absolute Gasteiger partial charge is 0.291 e. The van der Waals surface area contributed by atoms with Gasteiger partial charge < -0.3 is 4.90 Å². The first-order chi connectivity index (χ1) is 16.5. The molecular formula is C28H33F2NO3S. The molecule has 2 aromatic rings. The van der Waals surface area contributed by atoms with Gasteiger partial charge in [-0.2, -0.15) is 0 Å². The molecule has 2 atom stereocenters. The lowest BCUT2D eigenvalue weighted by Gasteiger charge is -2.40. The Balaban J connectivity index is 2.15. The van der Waals surface area contributed by atoms with Crippen LogP contribution in [0, 0.1) is 23.0 Å². The van der Waals surface area contributed by atoms with Crippen LogP contribution in [0.3, 0.4) is 0 Å². The van der Waals surface area contributed by atoms with Gasteiger partial charge in [-0.3, -0.25) is 14.4 Å². The van der Waals surface area contributed by atoms with Crippen molar-refractivity contribution in [2.45, 2.75) is 64.8 Å². The molecule has 1 aliphatic rings. The number of hydrogen-bond acceptors (Lipinski definition) is 3. The average Bonchev–Trinajstić information content (AvgIpc) is 3.29. The summed E-state index contributed by atoms with van der Waals surface area (Å²) in [6.45, 7) is 7.46. The first-order valence-corrected chi connectivity index (χ1v) is 12.5. The van der Waals surface area contributed by atoms with Gasteiger partial charge in [0.25, 0.3) is 5.91 Å². The molecule has 1 amide bonds. The van der Waals surface area contributed by atoms with Gasteiger partial charge in [-0.1, -0.05) is 58.4 Å². The van der Waals surface area contributed by atoms with Crippen molar-refractivity contribution < 1.29 is 23.2 Å². The lowest BCUT2D eigenvalue weighted by molar-refractivity contribution is -0.150. The van der Waals surface area contributed by atoms with E-state index in [4.69, 9.17) is 0 Å².